The molecule has 1 amide bonds. The van der Waals surface area contributed by atoms with E-state index in [-0.39, 0.29) is 16.3 Å². The number of hydrogen-bond acceptors (Lipinski definition) is 10. The highest BCUT2D eigenvalue weighted by molar-refractivity contribution is 7.93. The standard InChI is InChI=1S/C34H34N6O5S/c1-5-45-31-10-8-27(44-4)20-29(31)34(39-16-14-38(15-17-39)26-12-13-36-24(3)18-26)28-19-25(21-35)7-9-30(28)40(33(34)41)46(42,43)32-11-6-23(2)22-37-32/h6-13,18-20,22H,5,14-17H2,1-4H3. The third-order valence-electron chi connectivity index (χ3n) is 8.49. The van der Waals surface area contributed by atoms with E-state index in [1.807, 2.05) is 30.9 Å². The Labute approximate surface area is 268 Å². The number of carbonyl (C=O) groups is 1. The summed E-state index contributed by atoms with van der Waals surface area (Å²) >= 11 is 0. The molecular formula is C34H34N6O5S. The van der Waals surface area contributed by atoms with Gasteiger partial charge in [0.2, 0.25) is 0 Å². The zero-order valence-corrected chi connectivity index (χ0v) is 26.9. The van der Waals surface area contributed by atoms with Crippen molar-refractivity contribution in [2.45, 2.75) is 31.3 Å². The van der Waals surface area contributed by atoms with Crippen LogP contribution in [0.3, 0.4) is 0 Å². The Bertz CT molecular complexity index is 1950. The van der Waals surface area contributed by atoms with Crippen LogP contribution in [-0.2, 0) is 20.4 Å². The molecule has 0 N–H and O–H groups in total. The highest BCUT2D eigenvalue weighted by Gasteiger charge is 2.61. The Kier molecular flexibility index (Phi) is 8.14. The molecule has 1 saturated heterocycles. The molecule has 0 radical (unpaired) electrons. The van der Waals surface area contributed by atoms with Gasteiger partial charge in [-0.15, -0.1) is 0 Å². The van der Waals surface area contributed by atoms with Crippen LogP contribution in [0.2, 0.25) is 0 Å². The fourth-order valence-electron chi connectivity index (χ4n) is 6.35. The minimum atomic E-state index is -4.48. The summed E-state index contributed by atoms with van der Waals surface area (Å²) in [5, 5.41) is 9.71. The lowest BCUT2D eigenvalue weighted by molar-refractivity contribution is -0.127. The number of anilines is 2. The van der Waals surface area contributed by atoms with Crippen LogP contribution in [-0.4, -0.2) is 69.1 Å². The molecule has 2 aromatic carbocycles. The Hall–Kier alpha value is -4.99. The largest absolute Gasteiger partial charge is 0.497 e. The second kappa shape index (κ2) is 12.1. The smallest absolute Gasteiger partial charge is 0.288 e. The van der Waals surface area contributed by atoms with Gasteiger partial charge in [-0.05, 0) is 80.9 Å². The van der Waals surface area contributed by atoms with E-state index in [2.05, 4.69) is 20.9 Å². The van der Waals surface area contributed by atoms with Crippen molar-refractivity contribution in [1.29, 1.82) is 5.26 Å². The molecule has 2 aliphatic heterocycles. The number of piperazine rings is 1. The Morgan fingerprint density at radius 2 is 1.74 bits per heavy atom. The van der Waals surface area contributed by atoms with Gasteiger partial charge < -0.3 is 14.4 Å². The minimum Gasteiger partial charge on any atom is -0.497 e. The number of aromatic nitrogens is 2. The average molecular weight is 639 g/mol. The Balaban J connectivity index is 1.59. The number of rotatable bonds is 8. The summed E-state index contributed by atoms with van der Waals surface area (Å²) in [6.45, 7) is 7.77. The molecule has 2 aromatic heterocycles. The summed E-state index contributed by atoms with van der Waals surface area (Å²) in [4.78, 5) is 28.0. The van der Waals surface area contributed by atoms with E-state index in [1.165, 1.54) is 31.5 Å². The van der Waals surface area contributed by atoms with Gasteiger partial charge >= 0.3 is 0 Å². The number of fused-ring (bicyclic) bond motifs is 1. The number of sulfonamides is 1. The van der Waals surface area contributed by atoms with Gasteiger partial charge in [0, 0.05) is 61.1 Å². The maximum Gasteiger partial charge on any atom is 0.288 e. The summed E-state index contributed by atoms with van der Waals surface area (Å²) in [6.07, 6.45) is 3.22. The first-order valence-corrected chi connectivity index (χ1v) is 16.4. The van der Waals surface area contributed by atoms with E-state index < -0.39 is 21.5 Å². The van der Waals surface area contributed by atoms with Crippen molar-refractivity contribution in [1.82, 2.24) is 14.9 Å². The third-order valence-corrected chi connectivity index (χ3v) is 10.1. The quantitative estimate of drug-likeness (QED) is 0.277. The molecule has 4 aromatic rings. The third kappa shape index (κ3) is 5.02. The van der Waals surface area contributed by atoms with Gasteiger partial charge in [0.05, 0.1) is 31.0 Å². The van der Waals surface area contributed by atoms with Crippen LogP contribution < -0.4 is 18.7 Å². The first-order valence-electron chi connectivity index (χ1n) is 15.0. The van der Waals surface area contributed by atoms with Gasteiger partial charge in [0.15, 0.2) is 10.6 Å². The lowest BCUT2D eigenvalue weighted by Gasteiger charge is -2.46. The molecule has 4 heterocycles. The molecule has 0 spiro atoms. The Morgan fingerprint density at radius 3 is 2.39 bits per heavy atom. The molecule has 11 nitrogen and oxygen atoms in total. The molecule has 6 rings (SSSR count). The summed E-state index contributed by atoms with van der Waals surface area (Å²) in [5.74, 6) is 0.170. The van der Waals surface area contributed by atoms with E-state index >= 15 is 4.79 Å². The molecule has 1 unspecified atom stereocenters. The summed E-state index contributed by atoms with van der Waals surface area (Å²) in [6, 6.07) is 19.0. The van der Waals surface area contributed by atoms with Gasteiger partial charge in [-0.2, -0.15) is 18.0 Å². The molecule has 236 valence electrons. The monoisotopic (exact) mass is 638 g/mol. The maximum absolute atomic E-state index is 15.3. The van der Waals surface area contributed by atoms with Crippen LogP contribution in [0.1, 0.15) is 34.9 Å². The number of aryl methyl sites for hydroxylation is 2. The highest BCUT2D eigenvalue weighted by atomic mass is 32.2. The lowest BCUT2D eigenvalue weighted by atomic mass is 9.80. The lowest BCUT2D eigenvalue weighted by Crippen LogP contribution is -2.60. The van der Waals surface area contributed by atoms with E-state index in [0.717, 1.165) is 21.2 Å². The van der Waals surface area contributed by atoms with Gasteiger partial charge in [-0.3, -0.25) is 14.7 Å². The fraction of sp³-hybridized carbons (Fsp3) is 0.294. The molecule has 1 atom stereocenters. The predicted molar refractivity (Wildman–Crippen MR) is 173 cm³/mol. The van der Waals surface area contributed by atoms with Crippen LogP contribution in [0, 0.1) is 25.2 Å². The zero-order chi connectivity index (χ0) is 32.6. The summed E-state index contributed by atoms with van der Waals surface area (Å²) in [5.41, 5.74) is 2.24. The molecule has 46 heavy (non-hydrogen) atoms. The number of carbonyl (C=O) groups excluding carboxylic acids is 1. The zero-order valence-electron chi connectivity index (χ0n) is 26.1. The van der Waals surface area contributed by atoms with Crippen molar-refractivity contribution in [3.8, 4) is 17.6 Å². The van der Waals surface area contributed by atoms with Gasteiger partial charge in [0.1, 0.15) is 11.5 Å². The van der Waals surface area contributed by atoms with Crippen LogP contribution in [0.4, 0.5) is 11.4 Å². The number of methoxy groups -OCH3 is 1. The second-order valence-electron chi connectivity index (χ2n) is 11.2. The van der Waals surface area contributed by atoms with E-state index in [1.54, 1.807) is 43.5 Å². The van der Waals surface area contributed by atoms with Crippen molar-refractivity contribution in [2.24, 2.45) is 0 Å². The molecule has 0 saturated carbocycles. The van der Waals surface area contributed by atoms with Gasteiger partial charge in [-0.25, -0.2) is 4.98 Å². The molecule has 12 heteroatoms. The number of ether oxygens (including phenoxy) is 2. The van der Waals surface area contributed by atoms with Crippen molar-refractivity contribution in [2.75, 3.05) is 49.1 Å². The number of benzene rings is 2. The van der Waals surface area contributed by atoms with Crippen molar-refractivity contribution in [3.05, 3.63) is 101 Å². The van der Waals surface area contributed by atoms with Gasteiger partial charge in [0.25, 0.3) is 15.9 Å². The first-order chi connectivity index (χ1) is 22.1. The van der Waals surface area contributed by atoms with Crippen molar-refractivity contribution in [3.63, 3.8) is 0 Å². The molecule has 0 aliphatic carbocycles. The molecule has 0 bridgehead atoms. The second-order valence-corrected chi connectivity index (χ2v) is 13.0. The first kappa shape index (κ1) is 31.0. The summed E-state index contributed by atoms with van der Waals surface area (Å²) in [7, 11) is -2.95. The fourth-order valence-corrected chi connectivity index (χ4v) is 7.73. The van der Waals surface area contributed by atoms with Crippen molar-refractivity contribution < 1.29 is 22.7 Å². The number of pyridine rings is 2. The molecule has 1 fully saturated rings. The predicted octanol–water partition coefficient (Wildman–Crippen LogP) is 4.17. The number of amides is 1. The van der Waals surface area contributed by atoms with E-state index in [0.29, 0.717) is 55.4 Å². The number of nitrogens with zero attached hydrogens (tertiary/aromatic N) is 6. The molecule has 2 aliphatic rings. The average Bonchev–Trinajstić information content (AvgIpc) is 3.33. The number of nitriles is 1. The van der Waals surface area contributed by atoms with E-state index in [4.69, 9.17) is 9.47 Å². The Morgan fingerprint density at radius 1 is 0.957 bits per heavy atom. The number of hydrogen-bond donors (Lipinski definition) is 0. The van der Waals surface area contributed by atoms with Crippen molar-refractivity contribution >= 4 is 27.3 Å². The van der Waals surface area contributed by atoms with Crippen LogP contribution in [0.5, 0.6) is 11.5 Å². The normalized spacial score (nSPS) is 18.3. The summed E-state index contributed by atoms with van der Waals surface area (Å²) < 4.78 is 41.3. The van der Waals surface area contributed by atoms with Crippen LogP contribution >= 0.6 is 0 Å². The maximum atomic E-state index is 15.3. The van der Waals surface area contributed by atoms with Crippen LogP contribution in [0.25, 0.3) is 0 Å². The van der Waals surface area contributed by atoms with Gasteiger partial charge in [-0.1, -0.05) is 6.07 Å². The topological polar surface area (TPSA) is 129 Å². The van der Waals surface area contributed by atoms with Crippen LogP contribution in [0.15, 0.2) is 78.1 Å². The highest BCUT2D eigenvalue weighted by Crippen LogP contribution is 2.53. The molecular weight excluding hydrogens is 604 g/mol. The minimum absolute atomic E-state index is 0.156. The van der Waals surface area contributed by atoms with E-state index in [9.17, 15) is 13.7 Å². The SMILES string of the molecule is CCOc1ccc(OC)cc1C1(N2CCN(c3ccnc(C)c3)CC2)C(=O)N(S(=O)(=O)c2ccc(C)cn2)c2ccc(C#N)cc21.